The van der Waals surface area contributed by atoms with Crippen LogP contribution in [-0.4, -0.2) is 6.61 Å². The van der Waals surface area contributed by atoms with Crippen LogP contribution in [0.25, 0.3) is 0 Å². The number of benzene rings is 1. The first-order chi connectivity index (χ1) is 9.31. The second kappa shape index (κ2) is 7.54. The summed E-state index contributed by atoms with van der Waals surface area (Å²) in [5.41, 5.74) is 7.71. The monoisotopic (exact) mass is 261 g/mol. The zero-order valence-corrected chi connectivity index (χ0v) is 12.1. The summed E-state index contributed by atoms with van der Waals surface area (Å²) in [6, 6.07) is 8.59. The van der Waals surface area contributed by atoms with Crippen LogP contribution >= 0.6 is 0 Å². The fourth-order valence-electron chi connectivity index (χ4n) is 2.95. The molecular formula is C17H27NO. The lowest BCUT2D eigenvalue weighted by Gasteiger charge is -2.23. The molecule has 0 heterocycles. The SMILES string of the molecule is CCCOc1ccc(C(N)C2CCCCCC2)cc1. The Morgan fingerprint density at radius 1 is 1.11 bits per heavy atom. The minimum absolute atomic E-state index is 0.193. The molecule has 1 aliphatic rings. The van der Waals surface area contributed by atoms with Gasteiger partial charge in [-0.05, 0) is 42.9 Å². The molecule has 1 aromatic rings. The highest BCUT2D eigenvalue weighted by Gasteiger charge is 2.20. The summed E-state index contributed by atoms with van der Waals surface area (Å²) < 4.78 is 5.61. The van der Waals surface area contributed by atoms with Crippen LogP contribution in [0.15, 0.2) is 24.3 Å². The average molecular weight is 261 g/mol. The normalized spacial score (nSPS) is 18.8. The van der Waals surface area contributed by atoms with Crippen LogP contribution in [0, 0.1) is 5.92 Å². The van der Waals surface area contributed by atoms with Gasteiger partial charge in [-0.3, -0.25) is 0 Å². The van der Waals surface area contributed by atoms with Crippen molar-refractivity contribution in [2.24, 2.45) is 11.7 Å². The van der Waals surface area contributed by atoms with E-state index >= 15 is 0 Å². The van der Waals surface area contributed by atoms with Gasteiger partial charge in [0, 0.05) is 6.04 Å². The van der Waals surface area contributed by atoms with Crippen LogP contribution in [0.4, 0.5) is 0 Å². The van der Waals surface area contributed by atoms with E-state index in [4.69, 9.17) is 10.5 Å². The molecule has 0 spiro atoms. The highest BCUT2D eigenvalue weighted by atomic mass is 16.5. The van der Waals surface area contributed by atoms with Crippen LogP contribution in [0.3, 0.4) is 0 Å². The number of ether oxygens (including phenoxy) is 1. The summed E-state index contributed by atoms with van der Waals surface area (Å²) >= 11 is 0. The molecule has 2 nitrogen and oxygen atoms in total. The Hall–Kier alpha value is -1.02. The second-order valence-corrected chi connectivity index (χ2v) is 5.69. The zero-order valence-electron chi connectivity index (χ0n) is 12.1. The molecule has 1 aromatic carbocycles. The van der Waals surface area contributed by atoms with Gasteiger partial charge < -0.3 is 10.5 Å². The predicted molar refractivity (Wildman–Crippen MR) is 80.3 cm³/mol. The lowest BCUT2D eigenvalue weighted by atomic mass is 9.88. The lowest BCUT2D eigenvalue weighted by molar-refractivity contribution is 0.317. The van der Waals surface area contributed by atoms with Crippen molar-refractivity contribution in [1.82, 2.24) is 0 Å². The first-order valence-electron chi connectivity index (χ1n) is 7.79. The molecule has 0 aliphatic heterocycles. The van der Waals surface area contributed by atoms with Crippen molar-refractivity contribution in [2.45, 2.75) is 57.9 Å². The van der Waals surface area contributed by atoms with E-state index in [1.807, 2.05) is 0 Å². The Morgan fingerprint density at radius 2 is 1.74 bits per heavy atom. The Balaban J connectivity index is 1.95. The van der Waals surface area contributed by atoms with Gasteiger partial charge in [0.1, 0.15) is 5.75 Å². The van der Waals surface area contributed by atoms with E-state index < -0.39 is 0 Å². The maximum absolute atomic E-state index is 6.45. The first-order valence-corrected chi connectivity index (χ1v) is 7.79. The molecule has 1 fully saturated rings. The Bertz CT molecular complexity index is 352. The summed E-state index contributed by atoms with van der Waals surface area (Å²) in [5, 5.41) is 0. The third-order valence-electron chi connectivity index (χ3n) is 4.15. The Kier molecular flexibility index (Phi) is 5.71. The number of hydrogen-bond acceptors (Lipinski definition) is 2. The van der Waals surface area contributed by atoms with E-state index in [0.717, 1.165) is 18.8 Å². The van der Waals surface area contributed by atoms with E-state index in [1.165, 1.54) is 44.1 Å². The maximum atomic E-state index is 6.45. The van der Waals surface area contributed by atoms with Gasteiger partial charge in [0.15, 0.2) is 0 Å². The van der Waals surface area contributed by atoms with Crippen molar-refractivity contribution >= 4 is 0 Å². The molecule has 2 rings (SSSR count). The van der Waals surface area contributed by atoms with E-state index in [0.29, 0.717) is 5.92 Å². The summed E-state index contributed by atoms with van der Waals surface area (Å²) in [6.07, 6.45) is 9.07. The van der Waals surface area contributed by atoms with Gasteiger partial charge in [0.05, 0.1) is 6.61 Å². The van der Waals surface area contributed by atoms with Crippen molar-refractivity contribution in [3.8, 4) is 5.75 Å². The molecule has 1 atom stereocenters. The van der Waals surface area contributed by atoms with Gasteiger partial charge in [-0.2, -0.15) is 0 Å². The van der Waals surface area contributed by atoms with E-state index in [1.54, 1.807) is 0 Å². The predicted octanol–water partition coefficient (Wildman–Crippen LogP) is 4.45. The molecule has 2 N–H and O–H groups in total. The van der Waals surface area contributed by atoms with Gasteiger partial charge in [0.25, 0.3) is 0 Å². The molecular weight excluding hydrogens is 234 g/mol. The van der Waals surface area contributed by atoms with Crippen molar-refractivity contribution in [2.75, 3.05) is 6.61 Å². The third-order valence-corrected chi connectivity index (χ3v) is 4.15. The highest BCUT2D eigenvalue weighted by Crippen LogP contribution is 2.32. The van der Waals surface area contributed by atoms with Gasteiger partial charge >= 0.3 is 0 Å². The molecule has 19 heavy (non-hydrogen) atoms. The third kappa shape index (κ3) is 4.24. The van der Waals surface area contributed by atoms with Gasteiger partial charge in [-0.1, -0.05) is 44.7 Å². The van der Waals surface area contributed by atoms with Crippen LogP contribution in [0.2, 0.25) is 0 Å². The Labute approximate surface area is 117 Å². The quantitative estimate of drug-likeness (QED) is 0.795. The average Bonchev–Trinajstić information content (AvgIpc) is 2.74. The van der Waals surface area contributed by atoms with Crippen LogP contribution in [0.5, 0.6) is 5.75 Å². The van der Waals surface area contributed by atoms with E-state index in [-0.39, 0.29) is 6.04 Å². The van der Waals surface area contributed by atoms with Crippen molar-refractivity contribution in [1.29, 1.82) is 0 Å². The number of hydrogen-bond donors (Lipinski definition) is 1. The van der Waals surface area contributed by atoms with Crippen molar-refractivity contribution in [3.05, 3.63) is 29.8 Å². The fraction of sp³-hybridized carbons (Fsp3) is 0.647. The molecule has 2 heteroatoms. The Morgan fingerprint density at radius 3 is 2.32 bits per heavy atom. The van der Waals surface area contributed by atoms with E-state index in [2.05, 4.69) is 31.2 Å². The van der Waals surface area contributed by atoms with Crippen molar-refractivity contribution < 1.29 is 4.74 Å². The largest absolute Gasteiger partial charge is 0.494 e. The van der Waals surface area contributed by atoms with Crippen LogP contribution in [0.1, 0.15) is 63.5 Å². The lowest BCUT2D eigenvalue weighted by Crippen LogP contribution is -2.21. The molecule has 1 aliphatic carbocycles. The van der Waals surface area contributed by atoms with E-state index in [9.17, 15) is 0 Å². The standard InChI is InChI=1S/C17H27NO/c1-2-13-19-16-11-9-15(10-12-16)17(18)14-7-5-3-4-6-8-14/h9-12,14,17H,2-8,13,18H2,1H3. The molecule has 0 saturated heterocycles. The zero-order chi connectivity index (χ0) is 13.5. The number of rotatable bonds is 5. The smallest absolute Gasteiger partial charge is 0.119 e. The fourth-order valence-corrected chi connectivity index (χ4v) is 2.95. The summed E-state index contributed by atoms with van der Waals surface area (Å²) in [5.74, 6) is 1.61. The number of nitrogens with two attached hydrogens (primary N) is 1. The molecule has 1 unspecified atom stereocenters. The summed E-state index contributed by atoms with van der Waals surface area (Å²) in [4.78, 5) is 0. The summed E-state index contributed by atoms with van der Waals surface area (Å²) in [6.45, 7) is 2.91. The maximum Gasteiger partial charge on any atom is 0.119 e. The summed E-state index contributed by atoms with van der Waals surface area (Å²) in [7, 11) is 0. The minimum Gasteiger partial charge on any atom is -0.494 e. The first kappa shape index (κ1) is 14.4. The van der Waals surface area contributed by atoms with Crippen LogP contribution in [-0.2, 0) is 0 Å². The van der Waals surface area contributed by atoms with Gasteiger partial charge in [0.2, 0.25) is 0 Å². The highest BCUT2D eigenvalue weighted by molar-refractivity contribution is 5.29. The molecule has 0 radical (unpaired) electrons. The molecule has 0 bridgehead atoms. The topological polar surface area (TPSA) is 35.2 Å². The van der Waals surface area contributed by atoms with Crippen molar-refractivity contribution in [3.63, 3.8) is 0 Å². The molecule has 0 amide bonds. The molecule has 1 saturated carbocycles. The molecule has 0 aromatic heterocycles. The van der Waals surface area contributed by atoms with Gasteiger partial charge in [-0.25, -0.2) is 0 Å². The minimum atomic E-state index is 0.193. The molecule has 106 valence electrons. The van der Waals surface area contributed by atoms with Gasteiger partial charge in [-0.15, -0.1) is 0 Å². The second-order valence-electron chi connectivity index (χ2n) is 5.69. The van der Waals surface area contributed by atoms with Crippen LogP contribution < -0.4 is 10.5 Å².